The number of allylic oxidation sites excluding steroid dienone is 6. The monoisotopic (exact) mass is 206 g/mol. The Morgan fingerprint density at radius 1 is 1.40 bits per heavy atom. The van der Waals surface area contributed by atoms with Crippen LogP contribution in [-0.2, 0) is 9.59 Å². The third-order valence-electron chi connectivity index (χ3n) is 2.00. The van der Waals surface area contributed by atoms with Gasteiger partial charge < -0.3 is 0 Å². The van der Waals surface area contributed by atoms with E-state index in [0.717, 1.165) is 6.42 Å². The molecule has 0 radical (unpaired) electrons. The van der Waals surface area contributed by atoms with E-state index in [1.54, 1.807) is 6.08 Å². The predicted octanol–water partition coefficient (Wildman–Crippen LogP) is 3.00. The number of Topliss-reactive ketones (excluding diaryl/α,β-unsaturated/α-hetero) is 1. The van der Waals surface area contributed by atoms with Crippen LogP contribution in [0.4, 0.5) is 0 Å². The number of ketones is 1. The highest BCUT2D eigenvalue weighted by Gasteiger charge is 2.06. The first-order valence-electron chi connectivity index (χ1n) is 5.33. The highest BCUT2D eigenvalue weighted by molar-refractivity contribution is 6.33. The summed E-state index contributed by atoms with van der Waals surface area (Å²) in [5, 5.41) is 0. The second-order valence-corrected chi connectivity index (χ2v) is 2.88. The second-order valence-electron chi connectivity index (χ2n) is 2.88. The Bertz CT molecular complexity index is 306. The zero-order chi connectivity index (χ0) is 11.7. The topological polar surface area (TPSA) is 34.1 Å². The third-order valence-corrected chi connectivity index (χ3v) is 2.00. The van der Waals surface area contributed by atoms with Gasteiger partial charge in [-0.2, -0.15) is 0 Å². The van der Waals surface area contributed by atoms with E-state index in [9.17, 15) is 9.59 Å². The van der Waals surface area contributed by atoms with Crippen LogP contribution in [0.2, 0.25) is 0 Å². The second kappa shape index (κ2) is 7.92. The molecule has 0 aromatic heterocycles. The van der Waals surface area contributed by atoms with Gasteiger partial charge in [-0.3, -0.25) is 9.59 Å². The van der Waals surface area contributed by atoms with Crippen molar-refractivity contribution in [1.82, 2.24) is 0 Å². The smallest absolute Gasteiger partial charge is 0.221 e. The molecule has 0 saturated heterocycles. The van der Waals surface area contributed by atoms with Crippen molar-refractivity contribution in [2.75, 3.05) is 0 Å². The first-order valence-corrected chi connectivity index (χ1v) is 5.33. The fourth-order valence-electron chi connectivity index (χ4n) is 1.16. The van der Waals surface area contributed by atoms with Gasteiger partial charge in [0, 0.05) is 5.57 Å². The molecule has 1 aliphatic rings. The van der Waals surface area contributed by atoms with E-state index in [1.165, 1.54) is 5.57 Å². The van der Waals surface area contributed by atoms with Crippen LogP contribution in [0.15, 0.2) is 35.5 Å². The molecule has 0 aromatic carbocycles. The molecule has 0 aromatic rings. The molecule has 0 atom stereocenters. The fraction of sp³-hybridized carbons (Fsp3) is 0.385. The summed E-state index contributed by atoms with van der Waals surface area (Å²) in [5.41, 5.74) is 1.74. The standard InChI is InChI=1S/C11H12O2.C2H6/c1-2-9-4-3-5-10(7-6-9)11(13)8-12;1-2/h3-4,6-8H,2,5H2,1H3;1-2H3. The Balaban J connectivity index is 0.000000921. The van der Waals surface area contributed by atoms with Crippen molar-refractivity contribution in [3.8, 4) is 0 Å². The molecule has 0 saturated carbocycles. The summed E-state index contributed by atoms with van der Waals surface area (Å²) >= 11 is 0. The van der Waals surface area contributed by atoms with Crippen LogP contribution >= 0.6 is 0 Å². The molecule has 0 N–H and O–H groups in total. The van der Waals surface area contributed by atoms with Crippen LogP contribution in [0, 0.1) is 0 Å². The number of hydrogen-bond acceptors (Lipinski definition) is 2. The maximum absolute atomic E-state index is 11.0. The summed E-state index contributed by atoms with van der Waals surface area (Å²) < 4.78 is 0. The SMILES string of the molecule is CC.CCC1=CC=C(C(=O)C=O)CC=C1. The first kappa shape index (κ1) is 13.6. The van der Waals surface area contributed by atoms with Gasteiger partial charge in [-0.1, -0.05) is 45.1 Å². The molecule has 2 heteroatoms. The molecule has 0 fully saturated rings. The quantitative estimate of drug-likeness (QED) is 0.525. The molecule has 1 aliphatic carbocycles. The highest BCUT2D eigenvalue weighted by Crippen LogP contribution is 2.13. The van der Waals surface area contributed by atoms with Gasteiger partial charge in [-0.25, -0.2) is 0 Å². The highest BCUT2D eigenvalue weighted by atomic mass is 16.2. The van der Waals surface area contributed by atoms with Gasteiger partial charge in [0.05, 0.1) is 0 Å². The van der Waals surface area contributed by atoms with Crippen molar-refractivity contribution in [2.24, 2.45) is 0 Å². The zero-order valence-corrected chi connectivity index (χ0v) is 9.62. The van der Waals surface area contributed by atoms with Gasteiger partial charge in [-0.15, -0.1) is 0 Å². The molecule has 0 unspecified atom stereocenters. The number of carbonyl (C=O) groups excluding carboxylic acids is 2. The van der Waals surface area contributed by atoms with Crippen LogP contribution < -0.4 is 0 Å². The van der Waals surface area contributed by atoms with Gasteiger partial charge in [0.2, 0.25) is 5.78 Å². The van der Waals surface area contributed by atoms with Crippen molar-refractivity contribution in [3.63, 3.8) is 0 Å². The normalized spacial score (nSPS) is 14.1. The summed E-state index contributed by atoms with van der Waals surface area (Å²) in [7, 11) is 0. The molecule has 0 aliphatic heterocycles. The van der Waals surface area contributed by atoms with Crippen LogP contribution in [0.25, 0.3) is 0 Å². The van der Waals surface area contributed by atoms with E-state index in [4.69, 9.17) is 0 Å². The van der Waals surface area contributed by atoms with Gasteiger partial charge >= 0.3 is 0 Å². The average Bonchev–Trinajstić information content (AvgIpc) is 2.55. The van der Waals surface area contributed by atoms with Crippen molar-refractivity contribution in [3.05, 3.63) is 35.5 Å². The van der Waals surface area contributed by atoms with Crippen LogP contribution in [0.1, 0.15) is 33.6 Å². The molecule has 2 nitrogen and oxygen atoms in total. The maximum Gasteiger partial charge on any atom is 0.221 e. The molecule has 0 heterocycles. The van der Waals surface area contributed by atoms with E-state index >= 15 is 0 Å². The number of hydrogen-bond donors (Lipinski definition) is 0. The largest absolute Gasteiger partial charge is 0.294 e. The molecular formula is C13H18O2. The lowest BCUT2D eigenvalue weighted by Crippen LogP contribution is -2.01. The van der Waals surface area contributed by atoms with Gasteiger partial charge in [0.25, 0.3) is 0 Å². The van der Waals surface area contributed by atoms with E-state index in [0.29, 0.717) is 18.3 Å². The third kappa shape index (κ3) is 4.54. The lowest BCUT2D eigenvalue weighted by atomic mass is 10.1. The van der Waals surface area contributed by atoms with E-state index < -0.39 is 5.78 Å². The van der Waals surface area contributed by atoms with Gasteiger partial charge in [-0.05, 0) is 18.4 Å². The Morgan fingerprint density at radius 3 is 2.60 bits per heavy atom. The average molecular weight is 206 g/mol. The Hall–Kier alpha value is -1.44. The first-order chi connectivity index (χ1) is 7.27. The zero-order valence-electron chi connectivity index (χ0n) is 9.62. The van der Waals surface area contributed by atoms with Crippen molar-refractivity contribution in [2.45, 2.75) is 33.6 Å². The molecule has 0 amide bonds. The number of aldehydes is 1. The lowest BCUT2D eigenvalue weighted by molar-refractivity contribution is -0.127. The summed E-state index contributed by atoms with van der Waals surface area (Å²) in [5.74, 6) is -0.418. The molecule has 82 valence electrons. The molecule has 15 heavy (non-hydrogen) atoms. The Labute approximate surface area is 91.4 Å². The van der Waals surface area contributed by atoms with Crippen LogP contribution in [0.3, 0.4) is 0 Å². The van der Waals surface area contributed by atoms with Crippen molar-refractivity contribution < 1.29 is 9.59 Å². The van der Waals surface area contributed by atoms with E-state index in [2.05, 4.69) is 6.92 Å². The maximum atomic E-state index is 11.0. The molecule has 0 bridgehead atoms. The summed E-state index contributed by atoms with van der Waals surface area (Å²) in [6.45, 7) is 6.05. The predicted molar refractivity (Wildman–Crippen MR) is 62.6 cm³/mol. The summed E-state index contributed by atoms with van der Waals surface area (Å²) in [4.78, 5) is 21.2. The van der Waals surface area contributed by atoms with Crippen LogP contribution in [-0.4, -0.2) is 12.1 Å². The summed E-state index contributed by atoms with van der Waals surface area (Å²) in [6.07, 6.45) is 9.38. The number of rotatable bonds is 3. The van der Waals surface area contributed by atoms with Crippen molar-refractivity contribution in [1.29, 1.82) is 0 Å². The van der Waals surface area contributed by atoms with Crippen LogP contribution in [0.5, 0.6) is 0 Å². The minimum atomic E-state index is -0.418. The van der Waals surface area contributed by atoms with Gasteiger partial charge in [0.1, 0.15) is 0 Å². The van der Waals surface area contributed by atoms with Gasteiger partial charge in [0.15, 0.2) is 6.29 Å². The Kier molecular flexibility index (Phi) is 7.16. The fourth-order valence-corrected chi connectivity index (χ4v) is 1.16. The minimum Gasteiger partial charge on any atom is -0.294 e. The summed E-state index contributed by atoms with van der Waals surface area (Å²) in [6, 6.07) is 0. The van der Waals surface area contributed by atoms with Crippen molar-refractivity contribution >= 4 is 12.1 Å². The Morgan fingerprint density at radius 2 is 2.07 bits per heavy atom. The van der Waals surface area contributed by atoms with E-state index in [1.807, 2.05) is 32.1 Å². The lowest BCUT2D eigenvalue weighted by Gasteiger charge is -1.92. The molecule has 1 rings (SSSR count). The minimum absolute atomic E-state index is 0.366. The van der Waals surface area contributed by atoms with E-state index in [-0.39, 0.29) is 0 Å². The number of carbonyl (C=O) groups is 2. The molecular weight excluding hydrogens is 188 g/mol. The molecule has 0 spiro atoms.